The summed E-state index contributed by atoms with van der Waals surface area (Å²) in [6.45, 7) is 1.59. The monoisotopic (exact) mass is 341 g/mol. The molecule has 0 radical (unpaired) electrons. The zero-order valence-corrected chi connectivity index (χ0v) is 13.9. The fourth-order valence-corrected chi connectivity index (χ4v) is 2.54. The van der Waals surface area contributed by atoms with E-state index in [1.54, 1.807) is 18.9 Å². The summed E-state index contributed by atoms with van der Waals surface area (Å²) in [5.41, 5.74) is 1.08. The van der Waals surface area contributed by atoms with Crippen LogP contribution >= 0.6 is 0 Å². The SMILES string of the molecule is Cc1c(Cc2c(F)cccc2F)nc(N(C)c2ccccc2)[nH]c1=O. The van der Waals surface area contributed by atoms with Crippen LogP contribution in [0.1, 0.15) is 16.8 Å². The van der Waals surface area contributed by atoms with Crippen LogP contribution in [0.2, 0.25) is 0 Å². The highest BCUT2D eigenvalue weighted by atomic mass is 19.1. The largest absolute Gasteiger partial charge is 0.315 e. The van der Waals surface area contributed by atoms with E-state index in [-0.39, 0.29) is 17.5 Å². The van der Waals surface area contributed by atoms with E-state index < -0.39 is 11.6 Å². The highest BCUT2D eigenvalue weighted by Gasteiger charge is 2.16. The predicted octanol–water partition coefficient (Wildman–Crippen LogP) is 3.72. The number of para-hydroxylation sites is 1. The van der Waals surface area contributed by atoms with Crippen LogP contribution in [-0.4, -0.2) is 17.0 Å². The van der Waals surface area contributed by atoms with E-state index in [2.05, 4.69) is 9.97 Å². The molecule has 0 spiro atoms. The van der Waals surface area contributed by atoms with Crippen molar-refractivity contribution in [3.63, 3.8) is 0 Å². The summed E-state index contributed by atoms with van der Waals surface area (Å²) in [5.74, 6) is -0.993. The molecule has 0 unspecified atom stereocenters. The summed E-state index contributed by atoms with van der Waals surface area (Å²) in [4.78, 5) is 21.1. The Morgan fingerprint density at radius 1 is 1.04 bits per heavy atom. The first kappa shape index (κ1) is 16.8. The van der Waals surface area contributed by atoms with E-state index in [9.17, 15) is 13.6 Å². The van der Waals surface area contributed by atoms with Crippen molar-refractivity contribution < 1.29 is 8.78 Å². The molecule has 2 aromatic carbocycles. The second kappa shape index (κ2) is 6.84. The molecule has 6 heteroatoms. The molecule has 4 nitrogen and oxygen atoms in total. The summed E-state index contributed by atoms with van der Waals surface area (Å²) < 4.78 is 27.9. The molecule has 1 heterocycles. The Kier molecular flexibility index (Phi) is 4.61. The zero-order valence-electron chi connectivity index (χ0n) is 13.9. The third-order valence-electron chi connectivity index (χ3n) is 4.11. The average Bonchev–Trinajstić information content (AvgIpc) is 2.61. The van der Waals surface area contributed by atoms with Gasteiger partial charge in [-0.2, -0.15) is 0 Å². The van der Waals surface area contributed by atoms with Gasteiger partial charge in [0.2, 0.25) is 5.95 Å². The van der Waals surface area contributed by atoms with Crippen LogP contribution in [0, 0.1) is 18.6 Å². The van der Waals surface area contributed by atoms with Crippen molar-refractivity contribution in [3.05, 3.63) is 87.3 Å². The fraction of sp³-hybridized carbons (Fsp3) is 0.158. The predicted molar refractivity (Wildman–Crippen MR) is 93.3 cm³/mol. The van der Waals surface area contributed by atoms with Crippen LogP contribution in [0.25, 0.3) is 0 Å². The number of nitrogens with one attached hydrogen (secondary N) is 1. The van der Waals surface area contributed by atoms with Crippen molar-refractivity contribution in [3.8, 4) is 0 Å². The molecule has 1 aromatic heterocycles. The number of nitrogens with zero attached hydrogens (tertiary/aromatic N) is 2. The Labute approximate surface area is 143 Å². The minimum absolute atomic E-state index is 0.0934. The van der Waals surface area contributed by atoms with Crippen molar-refractivity contribution >= 4 is 11.6 Å². The molecule has 0 saturated carbocycles. The number of halogens is 2. The molecular weight excluding hydrogens is 324 g/mol. The lowest BCUT2D eigenvalue weighted by Crippen LogP contribution is -2.22. The lowest BCUT2D eigenvalue weighted by molar-refractivity contribution is 0.560. The van der Waals surface area contributed by atoms with Gasteiger partial charge in [-0.25, -0.2) is 13.8 Å². The minimum atomic E-state index is -0.653. The number of benzene rings is 2. The first-order valence-electron chi connectivity index (χ1n) is 7.79. The van der Waals surface area contributed by atoms with Crippen molar-refractivity contribution in [2.75, 3.05) is 11.9 Å². The number of hydrogen-bond acceptors (Lipinski definition) is 3. The molecule has 3 rings (SSSR count). The Morgan fingerprint density at radius 2 is 1.68 bits per heavy atom. The van der Waals surface area contributed by atoms with Gasteiger partial charge in [-0.15, -0.1) is 0 Å². The third kappa shape index (κ3) is 3.42. The fourth-order valence-electron chi connectivity index (χ4n) is 2.54. The normalized spacial score (nSPS) is 10.7. The van der Waals surface area contributed by atoms with Crippen molar-refractivity contribution in [1.82, 2.24) is 9.97 Å². The van der Waals surface area contributed by atoms with Crippen molar-refractivity contribution in [1.29, 1.82) is 0 Å². The van der Waals surface area contributed by atoms with Crippen LogP contribution < -0.4 is 10.5 Å². The molecule has 0 aliphatic carbocycles. The Balaban J connectivity index is 2.03. The van der Waals surface area contributed by atoms with Gasteiger partial charge < -0.3 is 4.90 Å². The standard InChI is InChI=1S/C19H17F2N3O/c1-12-17(11-14-15(20)9-6-10-16(14)21)22-19(23-18(12)25)24(2)13-7-4-3-5-8-13/h3-10H,11H2,1-2H3,(H,22,23,25). The van der Waals surface area contributed by atoms with Crippen LogP contribution in [0.15, 0.2) is 53.3 Å². The zero-order chi connectivity index (χ0) is 18.0. The van der Waals surface area contributed by atoms with E-state index in [1.165, 1.54) is 18.2 Å². The van der Waals surface area contributed by atoms with E-state index >= 15 is 0 Å². The topological polar surface area (TPSA) is 49.0 Å². The smallest absolute Gasteiger partial charge is 0.255 e. The number of aromatic amines is 1. The summed E-state index contributed by atoms with van der Waals surface area (Å²) in [5, 5.41) is 0. The molecule has 0 aliphatic heterocycles. The van der Waals surface area contributed by atoms with Gasteiger partial charge in [0.05, 0.1) is 5.69 Å². The first-order valence-corrected chi connectivity index (χ1v) is 7.79. The molecule has 1 N–H and O–H groups in total. The number of hydrogen-bond donors (Lipinski definition) is 1. The molecular formula is C19H17F2N3O. The van der Waals surface area contributed by atoms with Gasteiger partial charge in [-0.1, -0.05) is 24.3 Å². The average molecular weight is 341 g/mol. The quantitative estimate of drug-likeness (QED) is 0.787. The summed E-state index contributed by atoms with van der Waals surface area (Å²) in [7, 11) is 1.76. The van der Waals surface area contributed by atoms with E-state index in [1.807, 2.05) is 30.3 Å². The second-order valence-corrected chi connectivity index (χ2v) is 5.73. The van der Waals surface area contributed by atoms with Crippen molar-refractivity contribution in [2.24, 2.45) is 0 Å². The number of anilines is 2. The summed E-state index contributed by atoms with van der Waals surface area (Å²) in [6, 6.07) is 13.1. The van der Waals surface area contributed by atoms with Gasteiger partial charge >= 0.3 is 0 Å². The minimum Gasteiger partial charge on any atom is -0.315 e. The molecule has 0 saturated heterocycles. The third-order valence-corrected chi connectivity index (χ3v) is 4.11. The molecule has 3 aromatic rings. The van der Waals surface area contributed by atoms with Gasteiger partial charge in [-0.05, 0) is 31.2 Å². The maximum atomic E-state index is 13.9. The lowest BCUT2D eigenvalue weighted by atomic mass is 10.1. The molecule has 0 aliphatic rings. The van der Waals surface area contributed by atoms with Crippen molar-refractivity contribution in [2.45, 2.75) is 13.3 Å². The van der Waals surface area contributed by atoms with E-state index in [0.717, 1.165) is 5.69 Å². The summed E-state index contributed by atoms with van der Waals surface area (Å²) in [6.07, 6.45) is -0.0934. The van der Waals surface area contributed by atoms with Crippen LogP contribution in [-0.2, 0) is 6.42 Å². The van der Waals surface area contributed by atoms with Crippen LogP contribution in [0.3, 0.4) is 0 Å². The molecule has 0 amide bonds. The summed E-state index contributed by atoms with van der Waals surface area (Å²) >= 11 is 0. The van der Waals surface area contributed by atoms with Gasteiger partial charge in [0.25, 0.3) is 5.56 Å². The van der Waals surface area contributed by atoms with E-state index in [0.29, 0.717) is 17.2 Å². The number of aromatic nitrogens is 2. The highest BCUT2D eigenvalue weighted by molar-refractivity contribution is 5.56. The molecule has 0 atom stereocenters. The molecule has 0 bridgehead atoms. The molecule has 0 fully saturated rings. The van der Waals surface area contributed by atoms with Gasteiger partial charge in [0.15, 0.2) is 0 Å². The molecule has 25 heavy (non-hydrogen) atoms. The van der Waals surface area contributed by atoms with Gasteiger partial charge in [0.1, 0.15) is 11.6 Å². The Hall–Kier alpha value is -3.02. The van der Waals surface area contributed by atoms with Crippen LogP contribution in [0.4, 0.5) is 20.4 Å². The first-order chi connectivity index (χ1) is 12.0. The maximum absolute atomic E-state index is 13.9. The second-order valence-electron chi connectivity index (χ2n) is 5.73. The van der Waals surface area contributed by atoms with Gasteiger partial charge in [-0.3, -0.25) is 9.78 Å². The maximum Gasteiger partial charge on any atom is 0.255 e. The van der Waals surface area contributed by atoms with Gasteiger partial charge in [0, 0.05) is 30.3 Å². The molecule has 128 valence electrons. The Morgan fingerprint density at radius 3 is 2.32 bits per heavy atom. The van der Waals surface area contributed by atoms with E-state index in [4.69, 9.17) is 0 Å². The Bertz CT molecular complexity index is 934. The number of rotatable bonds is 4. The van der Waals surface area contributed by atoms with Crippen LogP contribution in [0.5, 0.6) is 0 Å². The lowest BCUT2D eigenvalue weighted by Gasteiger charge is -2.19. The number of H-pyrrole nitrogens is 1. The highest BCUT2D eigenvalue weighted by Crippen LogP contribution is 2.21.